The summed E-state index contributed by atoms with van der Waals surface area (Å²) in [4.78, 5) is 4.67. The first-order valence-electron chi connectivity index (χ1n) is 9.06. The molecule has 1 aromatic rings. The van der Waals surface area contributed by atoms with E-state index in [2.05, 4.69) is 29.5 Å². The molecule has 0 amide bonds. The van der Waals surface area contributed by atoms with Gasteiger partial charge in [0.2, 0.25) is 0 Å². The molecule has 1 atom stereocenters. The minimum Gasteiger partial charge on any atom is -0.494 e. The Labute approximate surface area is 169 Å². The topological polar surface area (TPSA) is 54.9 Å². The van der Waals surface area contributed by atoms with E-state index in [-0.39, 0.29) is 29.6 Å². The third kappa shape index (κ3) is 8.76. The van der Waals surface area contributed by atoms with Crippen LogP contribution in [0.1, 0.15) is 39.5 Å². The Hall–Kier alpha value is -1.02. The van der Waals surface area contributed by atoms with Gasteiger partial charge in [-0.05, 0) is 51.7 Å². The Bertz CT molecular complexity index is 491. The Balaban J connectivity index is 0.00000312. The first kappa shape index (κ1) is 22.0. The van der Waals surface area contributed by atoms with Gasteiger partial charge in [0, 0.05) is 19.7 Å². The van der Waals surface area contributed by atoms with E-state index in [1.165, 1.54) is 0 Å². The fourth-order valence-corrected chi connectivity index (χ4v) is 2.69. The van der Waals surface area contributed by atoms with Crippen molar-refractivity contribution in [3.8, 4) is 5.75 Å². The molecule has 1 saturated heterocycles. The second-order valence-corrected chi connectivity index (χ2v) is 6.39. The van der Waals surface area contributed by atoms with Crippen molar-refractivity contribution in [2.24, 2.45) is 4.99 Å². The van der Waals surface area contributed by atoms with E-state index in [1.807, 2.05) is 30.3 Å². The van der Waals surface area contributed by atoms with Crippen LogP contribution in [0.4, 0.5) is 0 Å². The maximum atomic E-state index is 5.79. The highest BCUT2D eigenvalue weighted by molar-refractivity contribution is 14.0. The summed E-state index contributed by atoms with van der Waals surface area (Å²) in [6.45, 7) is 8.29. The van der Waals surface area contributed by atoms with Crippen molar-refractivity contribution >= 4 is 29.9 Å². The van der Waals surface area contributed by atoms with Crippen LogP contribution in [0.2, 0.25) is 0 Å². The number of unbranched alkanes of at least 4 members (excludes halogenated alkanes) is 1. The van der Waals surface area contributed by atoms with E-state index in [1.54, 1.807) is 0 Å². The van der Waals surface area contributed by atoms with Crippen LogP contribution < -0.4 is 15.4 Å². The third-order valence-corrected chi connectivity index (χ3v) is 4.09. The van der Waals surface area contributed by atoms with E-state index < -0.39 is 0 Å². The van der Waals surface area contributed by atoms with Crippen LogP contribution in [-0.4, -0.2) is 44.4 Å². The highest BCUT2D eigenvalue weighted by Crippen LogP contribution is 2.24. The molecule has 1 aliphatic heterocycles. The maximum absolute atomic E-state index is 5.79. The molecule has 0 spiro atoms. The van der Waals surface area contributed by atoms with Crippen LogP contribution in [0.5, 0.6) is 5.75 Å². The summed E-state index contributed by atoms with van der Waals surface area (Å²) in [6.07, 6.45) is 4.29. The molecule has 25 heavy (non-hydrogen) atoms. The average Bonchev–Trinajstić information content (AvgIpc) is 3.03. The molecule has 1 aliphatic rings. The average molecular weight is 461 g/mol. The minimum absolute atomic E-state index is 0. The Kier molecular flexibility index (Phi) is 10.9. The molecule has 142 valence electrons. The first-order valence-corrected chi connectivity index (χ1v) is 9.06. The molecule has 0 radical (unpaired) electrons. The van der Waals surface area contributed by atoms with Gasteiger partial charge in [0.1, 0.15) is 5.75 Å². The number of hydrogen-bond donors (Lipinski definition) is 2. The molecule has 0 aliphatic carbocycles. The molecule has 5 nitrogen and oxygen atoms in total. The van der Waals surface area contributed by atoms with Crippen molar-refractivity contribution in [2.45, 2.75) is 45.1 Å². The van der Waals surface area contributed by atoms with Gasteiger partial charge in [-0.15, -0.1) is 24.0 Å². The van der Waals surface area contributed by atoms with Gasteiger partial charge in [-0.2, -0.15) is 0 Å². The van der Waals surface area contributed by atoms with E-state index in [0.717, 1.165) is 63.7 Å². The van der Waals surface area contributed by atoms with Crippen molar-refractivity contribution < 1.29 is 9.47 Å². The van der Waals surface area contributed by atoms with Crippen LogP contribution in [0.3, 0.4) is 0 Å². The number of guanidine groups is 1. The number of halogens is 1. The summed E-state index contributed by atoms with van der Waals surface area (Å²) < 4.78 is 11.5. The predicted octanol–water partition coefficient (Wildman–Crippen LogP) is 3.59. The smallest absolute Gasteiger partial charge is 0.191 e. The lowest BCUT2D eigenvalue weighted by Crippen LogP contribution is -2.39. The highest BCUT2D eigenvalue weighted by atomic mass is 127. The molecule has 6 heteroatoms. The maximum Gasteiger partial charge on any atom is 0.191 e. The third-order valence-electron chi connectivity index (χ3n) is 4.09. The van der Waals surface area contributed by atoms with Gasteiger partial charge in [-0.3, -0.25) is 4.99 Å². The van der Waals surface area contributed by atoms with Gasteiger partial charge in [-0.1, -0.05) is 18.2 Å². The lowest BCUT2D eigenvalue weighted by atomic mass is 10.0. The van der Waals surface area contributed by atoms with Crippen LogP contribution in [0, 0.1) is 0 Å². The Morgan fingerprint density at radius 3 is 2.72 bits per heavy atom. The summed E-state index contributed by atoms with van der Waals surface area (Å²) in [5.74, 6) is 1.81. The van der Waals surface area contributed by atoms with E-state index in [0.29, 0.717) is 6.54 Å². The van der Waals surface area contributed by atoms with Gasteiger partial charge >= 0.3 is 0 Å². The van der Waals surface area contributed by atoms with Gasteiger partial charge in [0.15, 0.2) is 5.96 Å². The van der Waals surface area contributed by atoms with E-state index >= 15 is 0 Å². The largest absolute Gasteiger partial charge is 0.494 e. The lowest BCUT2D eigenvalue weighted by Gasteiger charge is -2.21. The molecule has 2 rings (SSSR count). The Morgan fingerprint density at radius 2 is 2.04 bits per heavy atom. The molecule has 1 aromatic carbocycles. The molecule has 1 fully saturated rings. The monoisotopic (exact) mass is 461 g/mol. The molecular weight excluding hydrogens is 429 g/mol. The molecule has 2 N–H and O–H groups in total. The van der Waals surface area contributed by atoms with Crippen molar-refractivity contribution in [2.75, 3.05) is 32.8 Å². The first-order chi connectivity index (χ1) is 11.7. The summed E-state index contributed by atoms with van der Waals surface area (Å²) in [5.41, 5.74) is -0.0914. The number of rotatable bonds is 9. The number of aliphatic imine (C=N–C) groups is 1. The number of para-hydroxylation sites is 1. The van der Waals surface area contributed by atoms with Crippen molar-refractivity contribution in [1.82, 2.24) is 10.6 Å². The second kappa shape index (κ2) is 12.4. The fourth-order valence-electron chi connectivity index (χ4n) is 2.69. The summed E-state index contributed by atoms with van der Waals surface area (Å²) >= 11 is 0. The molecule has 1 unspecified atom stereocenters. The zero-order valence-electron chi connectivity index (χ0n) is 15.4. The minimum atomic E-state index is -0.0914. The van der Waals surface area contributed by atoms with Crippen molar-refractivity contribution in [3.05, 3.63) is 30.3 Å². The molecule has 0 saturated carbocycles. The summed E-state index contributed by atoms with van der Waals surface area (Å²) in [6, 6.07) is 9.95. The number of nitrogens with zero attached hydrogens (tertiary/aromatic N) is 1. The van der Waals surface area contributed by atoms with E-state index in [4.69, 9.17) is 9.47 Å². The molecule has 0 bridgehead atoms. The molecular formula is C19H32IN3O2. The van der Waals surface area contributed by atoms with Crippen LogP contribution in [-0.2, 0) is 4.74 Å². The van der Waals surface area contributed by atoms with Crippen molar-refractivity contribution in [1.29, 1.82) is 0 Å². The number of benzene rings is 1. The van der Waals surface area contributed by atoms with Crippen molar-refractivity contribution in [3.63, 3.8) is 0 Å². The second-order valence-electron chi connectivity index (χ2n) is 6.39. The summed E-state index contributed by atoms with van der Waals surface area (Å²) in [7, 11) is 0. The summed E-state index contributed by atoms with van der Waals surface area (Å²) in [5, 5.41) is 6.68. The van der Waals surface area contributed by atoms with Gasteiger partial charge < -0.3 is 20.1 Å². The zero-order chi connectivity index (χ0) is 17.1. The predicted molar refractivity (Wildman–Crippen MR) is 114 cm³/mol. The number of hydrogen-bond acceptors (Lipinski definition) is 3. The normalized spacial score (nSPS) is 20.0. The standard InChI is InChI=1S/C19H31N3O2.HI/c1-3-20-18(22-16-19(2)12-9-15-24-19)21-13-7-8-14-23-17-10-5-4-6-11-17;/h4-6,10-11H,3,7-9,12-16H2,1-2H3,(H2,20,21,22);1H. The quantitative estimate of drug-likeness (QED) is 0.256. The number of ether oxygens (including phenoxy) is 2. The lowest BCUT2D eigenvalue weighted by molar-refractivity contribution is 0.0283. The molecule has 0 aromatic heterocycles. The molecule has 1 heterocycles. The van der Waals surface area contributed by atoms with E-state index in [9.17, 15) is 0 Å². The van der Waals surface area contributed by atoms with Gasteiger partial charge in [0.25, 0.3) is 0 Å². The SMILES string of the molecule is CCNC(=NCC1(C)CCCO1)NCCCCOc1ccccc1.I. The highest BCUT2D eigenvalue weighted by Gasteiger charge is 2.29. The fraction of sp³-hybridized carbons (Fsp3) is 0.632. The van der Waals surface area contributed by atoms with Crippen LogP contribution in [0.25, 0.3) is 0 Å². The van der Waals surface area contributed by atoms with Gasteiger partial charge in [-0.25, -0.2) is 0 Å². The van der Waals surface area contributed by atoms with Crippen LogP contribution in [0.15, 0.2) is 35.3 Å². The van der Waals surface area contributed by atoms with Gasteiger partial charge in [0.05, 0.1) is 18.8 Å². The Morgan fingerprint density at radius 1 is 1.24 bits per heavy atom. The zero-order valence-corrected chi connectivity index (χ0v) is 17.8. The number of nitrogens with one attached hydrogen (secondary N) is 2. The van der Waals surface area contributed by atoms with Crippen LogP contribution >= 0.6 is 24.0 Å².